The van der Waals surface area contributed by atoms with Crippen LogP contribution in [0.5, 0.6) is 0 Å². The summed E-state index contributed by atoms with van der Waals surface area (Å²) in [5.41, 5.74) is 0.210. The summed E-state index contributed by atoms with van der Waals surface area (Å²) in [5, 5.41) is 6.50. The van der Waals surface area contributed by atoms with Gasteiger partial charge in [0, 0.05) is 23.9 Å². The first-order valence-electron chi connectivity index (χ1n) is 9.36. The third-order valence-electron chi connectivity index (χ3n) is 4.31. The molecule has 148 valence electrons. The van der Waals surface area contributed by atoms with Crippen molar-refractivity contribution in [2.24, 2.45) is 4.99 Å². The topological polar surface area (TPSA) is 62.5 Å². The highest BCUT2D eigenvalue weighted by atomic mass is 19.1. The third kappa shape index (κ3) is 5.81. The summed E-state index contributed by atoms with van der Waals surface area (Å²) in [5.74, 6) is 1.87. The lowest BCUT2D eigenvalue weighted by atomic mass is 9.84. The summed E-state index contributed by atoms with van der Waals surface area (Å²) in [6.07, 6.45) is 1.76. The van der Waals surface area contributed by atoms with E-state index in [9.17, 15) is 4.39 Å². The van der Waals surface area contributed by atoms with E-state index in [2.05, 4.69) is 41.4 Å². The molecule has 1 aromatic heterocycles. The van der Waals surface area contributed by atoms with Gasteiger partial charge in [-0.3, -0.25) is 0 Å². The molecule has 1 aromatic carbocycles. The van der Waals surface area contributed by atoms with Gasteiger partial charge in [0.05, 0.1) is 6.20 Å². The fourth-order valence-electron chi connectivity index (χ4n) is 2.63. The number of oxazole rings is 1. The first-order valence-corrected chi connectivity index (χ1v) is 9.36. The first-order chi connectivity index (χ1) is 12.6. The lowest BCUT2D eigenvalue weighted by molar-refractivity contribution is 0.383. The zero-order valence-electron chi connectivity index (χ0n) is 17.2. The summed E-state index contributed by atoms with van der Waals surface area (Å²) >= 11 is 0. The monoisotopic (exact) mass is 374 g/mol. The molecular weight excluding hydrogens is 343 g/mol. The number of aliphatic imine (C=N–C) groups is 1. The Balaban J connectivity index is 2.05. The molecule has 0 atom stereocenters. The van der Waals surface area contributed by atoms with E-state index < -0.39 is 0 Å². The van der Waals surface area contributed by atoms with Crippen LogP contribution in [0.25, 0.3) is 0 Å². The Morgan fingerprint density at radius 3 is 2.44 bits per heavy atom. The van der Waals surface area contributed by atoms with E-state index in [1.54, 1.807) is 12.3 Å². The molecule has 0 unspecified atom stereocenters. The van der Waals surface area contributed by atoms with Crippen molar-refractivity contribution in [1.82, 2.24) is 15.6 Å². The van der Waals surface area contributed by atoms with Crippen LogP contribution in [0.2, 0.25) is 0 Å². The highest BCUT2D eigenvalue weighted by Gasteiger charge is 2.24. The van der Waals surface area contributed by atoms with Gasteiger partial charge in [-0.1, -0.05) is 52.8 Å². The minimum Gasteiger partial charge on any atom is -0.443 e. The SMILES string of the molecule is CCNC(=NCc1ncc(C(C)(C)C)o1)NCC(C)(C)c1ccccc1F. The second kappa shape index (κ2) is 8.55. The molecule has 27 heavy (non-hydrogen) atoms. The Morgan fingerprint density at radius 1 is 1.15 bits per heavy atom. The van der Waals surface area contributed by atoms with Crippen molar-refractivity contribution >= 4 is 5.96 Å². The molecule has 6 heteroatoms. The number of nitrogens with zero attached hydrogens (tertiary/aromatic N) is 2. The van der Waals surface area contributed by atoms with Gasteiger partial charge < -0.3 is 15.1 Å². The van der Waals surface area contributed by atoms with Crippen LogP contribution in [0.15, 0.2) is 39.9 Å². The zero-order valence-corrected chi connectivity index (χ0v) is 17.2. The number of hydrogen-bond acceptors (Lipinski definition) is 3. The third-order valence-corrected chi connectivity index (χ3v) is 4.31. The van der Waals surface area contributed by atoms with Gasteiger partial charge in [0.25, 0.3) is 0 Å². The zero-order chi connectivity index (χ0) is 20.1. The molecule has 0 spiro atoms. The first kappa shape index (κ1) is 20.9. The quantitative estimate of drug-likeness (QED) is 0.589. The van der Waals surface area contributed by atoms with Crippen molar-refractivity contribution in [3.8, 4) is 0 Å². The molecule has 0 fully saturated rings. The molecule has 0 aliphatic carbocycles. The predicted molar refractivity (Wildman–Crippen MR) is 107 cm³/mol. The molecule has 2 aromatic rings. The molecule has 0 saturated heterocycles. The van der Waals surface area contributed by atoms with E-state index in [0.29, 0.717) is 30.5 Å². The average molecular weight is 375 g/mol. The normalized spacial score (nSPS) is 12.9. The Hall–Kier alpha value is -2.37. The van der Waals surface area contributed by atoms with Crippen LogP contribution in [0, 0.1) is 5.82 Å². The number of nitrogens with one attached hydrogen (secondary N) is 2. The van der Waals surface area contributed by atoms with Crippen LogP contribution >= 0.6 is 0 Å². The molecule has 0 bridgehead atoms. The summed E-state index contributed by atoms with van der Waals surface area (Å²) < 4.78 is 19.9. The summed E-state index contributed by atoms with van der Waals surface area (Å²) in [6, 6.07) is 6.87. The Morgan fingerprint density at radius 2 is 1.85 bits per heavy atom. The number of hydrogen-bond donors (Lipinski definition) is 2. The van der Waals surface area contributed by atoms with Gasteiger partial charge in [0.2, 0.25) is 5.89 Å². The standard InChI is InChI=1S/C21H31FN4O/c1-7-23-19(25-13-18-24-12-17(27-18)20(2,3)4)26-14-21(5,6)15-10-8-9-11-16(15)22/h8-12H,7,13-14H2,1-6H3,(H2,23,25,26). The van der Waals surface area contributed by atoms with Crippen LogP contribution in [0.1, 0.15) is 58.8 Å². The van der Waals surface area contributed by atoms with Crippen molar-refractivity contribution in [3.63, 3.8) is 0 Å². The van der Waals surface area contributed by atoms with E-state index in [1.165, 1.54) is 6.07 Å². The Labute approximate surface area is 161 Å². The van der Waals surface area contributed by atoms with Crippen LogP contribution in [0.3, 0.4) is 0 Å². The highest BCUT2D eigenvalue weighted by molar-refractivity contribution is 5.79. The lowest BCUT2D eigenvalue weighted by Gasteiger charge is -2.27. The van der Waals surface area contributed by atoms with Crippen LogP contribution in [-0.2, 0) is 17.4 Å². The van der Waals surface area contributed by atoms with E-state index in [-0.39, 0.29) is 16.6 Å². The molecule has 0 amide bonds. The van der Waals surface area contributed by atoms with Gasteiger partial charge >= 0.3 is 0 Å². The van der Waals surface area contributed by atoms with Crippen molar-refractivity contribution < 1.29 is 8.81 Å². The van der Waals surface area contributed by atoms with Gasteiger partial charge in [-0.2, -0.15) is 0 Å². The molecule has 0 saturated carbocycles. The van der Waals surface area contributed by atoms with E-state index >= 15 is 0 Å². The predicted octanol–water partition coefficient (Wildman–Crippen LogP) is 4.14. The van der Waals surface area contributed by atoms with Crippen molar-refractivity contribution in [2.75, 3.05) is 13.1 Å². The number of guanidine groups is 1. The van der Waals surface area contributed by atoms with Crippen molar-refractivity contribution in [2.45, 2.75) is 58.9 Å². The van der Waals surface area contributed by atoms with E-state index in [1.807, 2.05) is 32.9 Å². The largest absolute Gasteiger partial charge is 0.443 e. The van der Waals surface area contributed by atoms with E-state index in [4.69, 9.17) is 4.42 Å². The molecule has 0 aliphatic rings. The minimum absolute atomic E-state index is 0.0819. The number of aromatic nitrogens is 1. The van der Waals surface area contributed by atoms with E-state index in [0.717, 1.165) is 12.3 Å². The van der Waals surface area contributed by atoms with Gasteiger partial charge in [-0.25, -0.2) is 14.4 Å². The van der Waals surface area contributed by atoms with Crippen molar-refractivity contribution in [1.29, 1.82) is 0 Å². The van der Waals surface area contributed by atoms with Crippen molar-refractivity contribution in [3.05, 3.63) is 53.5 Å². The van der Waals surface area contributed by atoms with Gasteiger partial charge in [0.1, 0.15) is 18.1 Å². The fraction of sp³-hybridized carbons (Fsp3) is 0.524. The molecule has 5 nitrogen and oxygen atoms in total. The lowest BCUT2D eigenvalue weighted by Crippen LogP contribution is -2.43. The average Bonchev–Trinajstić information content (AvgIpc) is 3.07. The maximum Gasteiger partial charge on any atom is 0.216 e. The summed E-state index contributed by atoms with van der Waals surface area (Å²) in [6.45, 7) is 13.9. The molecule has 0 radical (unpaired) electrons. The fourth-order valence-corrected chi connectivity index (χ4v) is 2.63. The Bertz CT molecular complexity index is 774. The Kier molecular flexibility index (Phi) is 6.63. The maximum atomic E-state index is 14.1. The molecule has 0 aliphatic heterocycles. The van der Waals surface area contributed by atoms with Crippen LogP contribution in [-0.4, -0.2) is 24.0 Å². The van der Waals surface area contributed by atoms with Gasteiger partial charge in [0.15, 0.2) is 5.96 Å². The summed E-state index contributed by atoms with van der Waals surface area (Å²) in [4.78, 5) is 8.85. The number of rotatable bonds is 6. The van der Waals surface area contributed by atoms with Gasteiger partial charge in [-0.15, -0.1) is 0 Å². The second-order valence-electron chi connectivity index (χ2n) is 8.28. The van der Waals surface area contributed by atoms with Crippen LogP contribution < -0.4 is 10.6 Å². The highest BCUT2D eigenvalue weighted by Crippen LogP contribution is 2.25. The number of halogens is 1. The molecule has 1 heterocycles. The molecule has 2 N–H and O–H groups in total. The van der Waals surface area contributed by atoms with Crippen LogP contribution in [0.4, 0.5) is 4.39 Å². The smallest absolute Gasteiger partial charge is 0.216 e. The molecule has 2 rings (SSSR count). The second-order valence-corrected chi connectivity index (χ2v) is 8.28. The van der Waals surface area contributed by atoms with Gasteiger partial charge in [-0.05, 0) is 18.6 Å². The number of benzene rings is 1. The maximum absolute atomic E-state index is 14.1. The molecular formula is C21H31FN4O. The summed E-state index contributed by atoms with van der Waals surface area (Å²) in [7, 11) is 0. The minimum atomic E-state index is -0.385.